The molecule has 7 nitrogen and oxygen atoms in total. The fourth-order valence-electron chi connectivity index (χ4n) is 6.85. The Labute approximate surface area is 217 Å². The average molecular weight is 530 g/mol. The van der Waals surface area contributed by atoms with Gasteiger partial charge in [-0.05, 0) is 49.4 Å². The molecule has 7 rings (SSSR count). The molecule has 2 saturated carbocycles. The van der Waals surface area contributed by atoms with E-state index in [1.165, 1.54) is 6.92 Å². The summed E-state index contributed by atoms with van der Waals surface area (Å²) in [5.41, 5.74) is 0.625. The number of anilines is 1. The van der Waals surface area contributed by atoms with Gasteiger partial charge in [-0.15, -0.1) is 10.2 Å². The van der Waals surface area contributed by atoms with Gasteiger partial charge in [0.1, 0.15) is 11.6 Å². The van der Waals surface area contributed by atoms with Crippen molar-refractivity contribution in [3.8, 4) is 5.69 Å². The molecule has 2 aliphatic heterocycles. The summed E-state index contributed by atoms with van der Waals surface area (Å²) in [5.74, 6) is 2.93. The number of rotatable bonds is 3. The smallest absolute Gasteiger partial charge is 0.354 e. The highest BCUT2D eigenvalue weighted by atomic mass is 35.5. The third kappa shape index (κ3) is 3.66. The van der Waals surface area contributed by atoms with Crippen LogP contribution in [-0.4, -0.2) is 54.9 Å². The van der Waals surface area contributed by atoms with E-state index in [1.54, 1.807) is 18.6 Å². The lowest BCUT2D eigenvalue weighted by atomic mass is 9.57. The van der Waals surface area contributed by atoms with Crippen molar-refractivity contribution in [3.05, 3.63) is 59.0 Å². The number of nitrogens with zero attached hydrogens (tertiary/aromatic N) is 7. The maximum Gasteiger partial charge on any atom is 0.394 e. The maximum absolute atomic E-state index is 13.5. The molecule has 11 heteroatoms. The Morgan fingerprint density at radius 1 is 1.03 bits per heavy atom. The molecule has 1 aromatic carbocycles. The Bertz CT molecular complexity index is 1340. The van der Waals surface area contributed by atoms with E-state index in [-0.39, 0.29) is 30.2 Å². The van der Waals surface area contributed by atoms with Crippen molar-refractivity contribution >= 4 is 17.4 Å². The molecule has 0 bridgehead atoms. The van der Waals surface area contributed by atoms with Crippen molar-refractivity contribution in [2.75, 3.05) is 18.0 Å². The summed E-state index contributed by atoms with van der Waals surface area (Å²) < 4.78 is 42.7. The van der Waals surface area contributed by atoms with Crippen LogP contribution in [0, 0.1) is 10.8 Å². The molecule has 2 aliphatic carbocycles. The van der Waals surface area contributed by atoms with E-state index in [4.69, 9.17) is 11.6 Å². The van der Waals surface area contributed by atoms with Gasteiger partial charge in [-0.2, -0.15) is 13.2 Å². The van der Waals surface area contributed by atoms with Gasteiger partial charge < -0.3 is 4.90 Å². The third-order valence-corrected chi connectivity index (χ3v) is 9.21. The summed E-state index contributed by atoms with van der Waals surface area (Å²) in [7, 11) is 0. The number of halogens is 4. The van der Waals surface area contributed by atoms with Crippen LogP contribution in [0.4, 0.5) is 19.0 Å². The van der Waals surface area contributed by atoms with E-state index >= 15 is 0 Å². The Hall–Kier alpha value is -2.72. The summed E-state index contributed by atoms with van der Waals surface area (Å²) in [6.07, 6.45) is 3.27. The predicted molar refractivity (Wildman–Crippen MR) is 131 cm³/mol. The van der Waals surface area contributed by atoms with Gasteiger partial charge in [0, 0.05) is 54.4 Å². The fraction of sp³-hybridized carbons (Fsp3) is 0.538. The zero-order valence-corrected chi connectivity index (χ0v) is 21.2. The second-order valence-electron chi connectivity index (χ2n) is 11.6. The molecule has 1 saturated heterocycles. The van der Waals surface area contributed by atoms with E-state index in [1.807, 2.05) is 18.2 Å². The highest BCUT2D eigenvalue weighted by molar-refractivity contribution is 6.30. The van der Waals surface area contributed by atoms with Crippen LogP contribution in [0.15, 0.2) is 36.8 Å². The standard InChI is InChI=1S/C26H27ClF3N7/c1-24(26(28,29)30)9-19(10-24)35-12-16-6-18(27)2-3-20(16)37-22(13-35)33-34-23(37)17-7-25(8-17)14-36(15-25)21-11-31-4-5-32-21/h2-6,11,17,19H,7-10,12-15H2,1H3. The minimum Gasteiger partial charge on any atom is -0.354 e. The van der Waals surface area contributed by atoms with Crippen molar-refractivity contribution in [1.82, 2.24) is 29.6 Å². The van der Waals surface area contributed by atoms with Gasteiger partial charge in [0.05, 0.1) is 23.8 Å². The van der Waals surface area contributed by atoms with Crippen molar-refractivity contribution in [2.45, 2.75) is 63.8 Å². The molecule has 4 heterocycles. The van der Waals surface area contributed by atoms with Crippen LogP contribution in [-0.2, 0) is 13.1 Å². The van der Waals surface area contributed by atoms with E-state index in [9.17, 15) is 13.2 Å². The van der Waals surface area contributed by atoms with E-state index in [0.29, 0.717) is 18.1 Å². The summed E-state index contributed by atoms with van der Waals surface area (Å²) in [5, 5.41) is 9.80. The van der Waals surface area contributed by atoms with Crippen molar-refractivity contribution in [3.63, 3.8) is 0 Å². The number of aromatic nitrogens is 5. The molecule has 37 heavy (non-hydrogen) atoms. The van der Waals surface area contributed by atoms with Crippen LogP contribution in [0.2, 0.25) is 5.02 Å². The van der Waals surface area contributed by atoms with Gasteiger partial charge in [-0.25, -0.2) is 4.98 Å². The van der Waals surface area contributed by atoms with Crippen molar-refractivity contribution < 1.29 is 13.2 Å². The Kier molecular flexibility index (Phi) is 4.99. The van der Waals surface area contributed by atoms with E-state index in [2.05, 4.69) is 34.5 Å². The molecule has 3 aromatic rings. The van der Waals surface area contributed by atoms with E-state index < -0.39 is 11.6 Å². The maximum atomic E-state index is 13.5. The molecule has 194 valence electrons. The number of hydrogen-bond acceptors (Lipinski definition) is 6. The zero-order valence-electron chi connectivity index (χ0n) is 20.4. The van der Waals surface area contributed by atoms with Crippen LogP contribution in [0.3, 0.4) is 0 Å². The largest absolute Gasteiger partial charge is 0.394 e. The summed E-state index contributed by atoms with van der Waals surface area (Å²) in [6, 6.07) is 5.63. The lowest BCUT2D eigenvalue weighted by Crippen LogP contribution is -2.62. The number of benzene rings is 1. The first-order valence-electron chi connectivity index (χ1n) is 12.7. The molecular formula is C26H27ClF3N7. The molecular weight excluding hydrogens is 503 g/mol. The highest BCUT2D eigenvalue weighted by Crippen LogP contribution is 2.57. The Morgan fingerprint density at radius 2 is 1.81 bits per heavy atom. The first-order chi connectivity index (χ1) is 17.6. The zero-order chi connectivity index (χ0) is 25.6. The number of hydrogen-bond donors (Lipinski definition) is 0. The molecule has 0 atom stereocenters. The molecule has 0 radical (unpaired) electrons. The SMILES string of the molecule is CC1(C(F)(F)F)CC(N2Cc3cc(Cl)ccc3-n3c(nnc3C3CC4(C3)CN(c3cnccn3)C4)C2)C1. The molecule has 0 amide bonds. The molecule has 3 fully saturated rings. The second kappa shape index (κ2) is 7.89. The minimum atomic E-state index is -4.19. The van der Waals surface area contributed by atoms with Crippen LogP contribution >= 0.6 is 11.6 Å². The summed E-state index contributed by atoms with van der Waals surface area (Å²) in [4.78, 5) is 13.0. The molecule has 0 unspecified atom stereocenters. The lowest BCUT2D eigenvalue weighted by Gasteiger charge is -2.59. The average Bonchev–Trinajstić information content (AvgIpc) is 3.10. The van der Waals surface area contributed by atoms with Crippen LogP contribution in [0.1, 0.15) is 55.7 Å². The van der Waals surface area contributed by atoms with Gasteiger partial charge in [-0.1, -0.05) is 18.5 Å². The van der Waals surface area contributed by atoms with Crippen LogP contribution in [0.5, 0.6) is 0 Å². The third-order valence-electron chi connectivity index (χ3n) is 8.98. The lowest BCUT2D eigenvalue weighted by molar-refractivity contribution is -0.258. The Morgan fingerprint density at radius 3 is 2.51 bits per heavy atom. The fourth-order valence-corrected chi connectivity index (χ4v) is 7.04. The van der Waals surface area contributed by atoms with Crippen LogP contribution in [0.25, 0.3) is 5.69 Å². The first kappa shape index (κ1) is 23.4. The van der Waals surface area contributed by atoms with Gasteiger partial charge >= 0.3 is 6.18 Å². The quantitative estimate of drug-likeness (QED) is 0.468. The first-order valence-corrected chi connectivity index (χ1v) is 13.1. The summed E-state index contributed by atoms with van der Waals surface area (Å²) >= 11 is 6.36. The van der Waals surface area contributed by atoms with Gasteiger partial charge in [0.2, 0.25) is 0 Å². The molecule has 0 N–H and O–H groups in total. The predicted octanol–water partition coefficient (Wildman–Crippen LogP) is 5.14. The monoisotopic (exact) mass is 529 g/mol. The van der Waals surface area contributed by atoms with Crippen molar-refractivity contribution in [1.29, 1.82) is 0 Å². The topological polar surface area (TPSA) is 63.0 Å². The normalized spacial score (nSPS) is 27.1. The summed E-state index contributed by atoms with van der Waals surface area (Å²) in [6.45, 7) is 4.26. The molecule has 2 aromatic heterocycles. The van der Waals surface area contributed by atoms with Gasteiger partial charge in [-0.3, -0.25) is 14.5 Å². The van der Waals surface area contributed by atoms with E-state index in [0.717, 1.165) is 54.6 Å². The second-order valence-corrected chi connectivity index (χ2v) is 12.1. The van der Waals surface area contributed by atoms with Gasteiger partial charge in [0.25, 0.3) is 0 Å². The highest BCUT2D eigenvalue weighted by Gasteiger charge is 2.60. The van der Waals surface area contributed by atoms with Crippen molar-refractivity contribution in [2.24, 2.45) is 10.8 Å². The minimum absolute atomic E-state index is 0.0980. The molecule has 4 aliphatic rings. The number of alkyl halides is 3. The number of fused-ring (bicyclic) bond motifs is 3. The van der Waals surface area contributed by atoms with Gasteiger partial charge in [0.15, 0.2) is 5.82 Å². The molecule has 1 spiro atoms. The Balaban J connectivity index is 1.13. The van der Waals surface area contributed by atoms with Crippen LogP contribution < -0.4 is 4.90 Å².